The van der Waals surface area contributed by atoms with Crippen LogP contribution < -0.4 is 10.8 Å². The molecule has 1 aliphatic rings. The number of nitrogens with zero attached hydrogens (tertiary/aromatic N) is 1. The molecule has 2 heterocycles. The van der Waals surface area contributed by atoms with Gasteiger partial charge in [0.2, 0.25) is 5.60 Å². The fourth-order valence-corrected chi connectivity index (χ4v) is 4.51. The first kappa shape index (κ1) is 23.6. The zero-order valence-corrected chi connectivity index (χ0v) is 19.3. The van der Waals surface area contributed by atoms with Crippen molar-refractivity contribution in [1.29, 1.82) is 0 Å². The highest BCUT2D eigenvalue weighted by atomic mass is 35.5. The summed E-state index contributed by atoms with van der Waals surface area (Å²) < 4.78 is 42.5. The number of hydrogen-bond acceptors (Lipinski definition) is 5. The van der Waals surface area contributed by atoms with Crippen molar-refractivity contribution in [2.24, 2.45) is 0 Å². The van der Waals surface area contributed by atoms with Crippen molar-refractivity contribution in [1.82, 2.24) is 15.8 Å². The topological polar surface area (TPSA) is 63.2 Å². The molecule has 11 heteroatoms. The summed E-state index contributed by atoms with van der Waals surface area (Å²) in [6.45, 7) is 1.99. The number of thiazole rings is 1. The van der Waals surface area contributed by atoms with Crippen molar-refractivity contribution in [2.45, 2.75) is 25.2 Å². The van der Waals surface area contributed by atoms with Crippen molar-refractivity contribution in [3.63, 3.8) is 0 Å². The predicted molar refractivity (Wildman–Crippen MR) is 121 cm³/mol. The van der Waals surface area contributed by atoms with E-state index in [9.17, 15) is 18.0 Å². The number of rotatable bonds is 5. The Morgan fingerprint density at radius 1 is 1.21 bits per heavy atom. The third-order valence-electron chi connectivity index (χ3n) is 5.05. The first-order valence-corrected chi connectivity index (χ1v) is 11.2. The Hall–Kier alpha value is -2.59. The largest absolute Gasteiger partial charge is 0.428 e. The van der Waals surface area contributed by atoms with Crippen LogP contribution in [0, 0.1) is 6.92 Å². The molecule has 1 unspecified atom stereocenters. The van der Waals surface area contributed by atoms with Gasteiger partial charge in [-0.2, -0.15) is 13.2 Å². The lowest BCUT2D eigenvalue weighted by atomic mass is 9.91. The first-order chi connectivity index (χ1) is 15.6. The van der Waals surface area contributed by atoms with Gasteiger partial charge in [0.1, 0.15) is 5.01 Å². The maximum absolute atomic E-state index is 14.2. The lowest BCUT2D eigenvalue weighted by Crippen LogP contribution is -2.42. The zero-order valence-electron chi connectivity index (χ0n) is 17.0. The van der Waals surface area contributed by atoms with Crippen LogP contribution in [-0.2, 0) is 17.0 Å². The number of aromatic nitrogens is 1. The molecular weight excluding hydrogens is 498 g/mol. The summed E-state index contributed by atoms with van der Waals surface area (Å²) in [6, 6.07) is 8.36. The highest BCUT2D eigenvalue weighted by Gasteiger charge is 2.59. The number of nitrogens with one attached hydrogen (secondary N) is 2. The van der Waals surface area contributed by atoms with E-state index in [2.05, 4.69) is 15.8 Å². The Balaban J connectivity index is 1.63. The summed E-state index contributed by atoms with van der Waals surface area (Å²) in [5, 5.41) is 5.45. The molecule has 33 heavy (non-hydrogen) atoms. The van der Waals surface area contributed by atoms with Gasteiger partial charge < -0.3 is 5.32 Å². The molecule has 3 aromatic rings. The summed E-state index contributed by atoms with van der Waals surface area (Å²) in [6.07, 6.45) is -2.22. The molecule has 0 spiro atoms. The van der Waals surface area contributed by atoms with E-state index in [1.807, 2.05) is 5.38 Å². The molecule has 172 valence electrons. The minimum atomic E-state index is -4.81. The van der Waals surface area contributed by atoms with Crippen LogP contribution in [0.2, 0.25) is 10.0 Å². The number of aryl methyl sites for hydroxylation is 1. The first-order valence-electron chi connectivity index (χ1n) is 9.57. The second-order valence-electron chi connectivity index (χ2n) is 7.29. The van der Waals surface area contributed by atoms with Gasteiger partial charge in [-0.25, -0.2) is 4.98 Å². The summed E-state index contributed by atoms with van der Waals surface area (Å²) in [5.74, 6) is -0.308. The van der Waals surface area contributed by atoms with Crippen molar-refractivity contribution < 1.29 is 22.8 Å². The highest BCUT2D eigenvalue weighted by molar-refractivity contribution is 7.09. The maximum Gasteiger partial charge on any atom is 0.428 e. The van der Waals surface area contributed by atoms with E-state index in [0.717, 1.165) is 23.2 Å². The molecule has 0 saturated carbocycles. The predicted octanol–water partition coefficient (Wildman–Crippen LogP) is 6.02. The summed E-state index contributed by atoms with van der Waals surface area (Å²) >= 11 is 13.3. The number of carbonyl (C=O) groups is 1. The lowest BCUT2D eigenvalue weighted by molar-refractivity contribution is -0.269. The second-order valence-corrected chi connectivity index (χ2v) is 9.14. The van der Waals surface area contributed by atoms with Gasteiger partial charge in [-0.3, -0.25) is 15.1 Å². The van der Waals surface area contributed by atoms with E-state index in [1.54, 1.807) is 31.3 Å². The van der Waals surface area contributed by atoms with Crippen LogP contribution in [0.15, 0.2) is 54.1 Å². The molecule has 4 rings (SSSR count). The number of benzene rings is 2. The van der Waals surface area contributed by atoms with Crippen molar-refractivity contribution in [2.75, 3.05) is 0 Å². The van der Waals surface area contributed by atoms with Crippen LogP contribution in [0.1, 0.15) is 32.1 Å². The quantitative estimate of drug-likeness (QED) is 0.437. The molecule has 0 radical (unpaired) electrons. The smallest absolute Gasteiger partial charge is 0.346 e. The Morgan fingerprint density at radius 2 is 1.94 bits per heavy atom. The van der Waals surface area contributed by atoms with Gasteiger partial charge in [-0.05, 0) is 54.5 Å². The van der Waals surface area contributed by atoms with E-state index in [-0.39, 0.29) is 33.8 Å². The van der Waals surface area contributed by atoms with Crippen LogP contribution in [-0.4, -0.2) is 17.1 Å². The van der Waals surface area contributed by atoms with E-state index in [4.69, 9.17) is 28.0 Å². The van der Waals surface area contributed by atoms with Crippen LogP contribution in [0.4, 0.5) is 13.2 Å². The Morgan fingerprint density at radius 3 is 2.55 bits per heavy atom. The van der Waals surface area contributed by atoms with Gasteiger partial charge in [-0.1, -0.05) is 29.3 Å². The summed E-state index contributed by atoms with van der Waals surface area (Å²) in [7, 11) is 0. The fourth-order valence-electron chi connectivity index (χ4n) is 3.43. The normalized spacial score (nSPS) is 18.1. The molecule has 1 atom stereocenters. The molecule has 2 N–H and O–H groups in total. The number of halogens is 5. The molecule has 0 fully saturated rings. The minimum Gasteiger partial charge on any atom is -0.346 e. The van der Waals surface area contributed by atoms with Crippen LogP contribution in [0.25, 0.3) is 5.70 Å². The lowest BCUT2D eigenvalue weighted by Gasteiger charge is -2.28. The third kappa shape index (κ3) is 4.72. The van der Waals surface area contributed by atoms with E-state index < -0.39 is 11.8 Å². The van der Waals surface area contributed by atoms with Crippen molar-refractivity contribution in [3.05, 3.63) is 91.4 Å². The van der Waals surface area contributed by atoms with Crippen LogP contribution >= 0.6 is 34.5 Å². The van der Waals surface area contributed by atoms with E-state index in [1.165, 1.54) is 17.4 Å². The molecular formula is C22H16Cl2F3N3O2S. The summed E-state index contributed by atoms with van der Waals surface area (Å²) in [4.78, 5) is 21.7. The van der Waals surface area contributed by atoms with Gasteiger partial charge in [0, 0.05) is 32.7 Å². The molecule has 1 aliphatic heterocycles. The van der Waals surface area contributed by atoms with Crippen LogP contribution in [0.3, 0.4) is 0 Å². The molecule has 5 nitrogen and oxygen atoms in total. The molecule has 1 amide bonds. The highest BCUT2D eigenvalue weighted by Crippen LogP contribution is 2.48. The SMILES string of the molecule is Cc1cc(C2=CC(c3cc(Cl)cc(Cl)c3)(C(F)(F)F)ON2)ccc1C(=O)NCc1nccs1. The van der Waals surface area contributed by atoms with Crippen LogP contribution in [0.5, 0.6) is 0 Å². The van der Waals surface area contributed by atoms with Crippen molar-refractivity contribution >= 4 is 46.1 Å². The number of carbonyl (C=O) groups excluding carboxylic acids is 1. The van der Waals surface area contributed by atoms with Crippen molar-refractivity contribution in [3.8, 4) is 0 Å². The number of alkyl halides is 3. The van der Waals surface area contributed by atoms with E-state index >= 15 is 0 Å². The zero-order chi connectivity index (χ0) is 23.8. The maximum atomic E-state index is 14.2. The van der Waals surface area contributed by atoms with Gasteiger partial charge >= 0.3 is 6.18 Å². The Kier molecular flexibility index (Phi) is 6.41. The molecule has 0 aliphatic carbocycles. The third-order valence-corrected chi connectivity index (χ3v) is 6.26. The van der Waals surface area contributed by atoms with Gasteiger partial charge in [0.25, 0.3) is 5.91 Å². The Labute approximate surface area is 201 Å². The summed E-state index contributed by atoms with van der Waals surface area (Å²) in [5.41, 5.74) is 0.837. The molecule has 0 saturated heterocycles. The fraction of sp³-hybridized carbons (Fsp3) is 0.182. The molecule has 2 aromatic carbocycles. The van der Waals surface area contributed by atoms with Gasteiger partial charge in [-0.15, -0.1) is 11.3 Å². The second kappa shape index (κ2) is 8.98. The standard InChI is InChI=1S/C22H16Cl2F3N3O2S/c1-12-6-13(2-3-17(12)20(31)29-11-19-28-4-5-33-19)18-10-21(32-30-18,22(25,26)27)14-7-15(23)9-16(24)8-14/h2-10,30H,11H2,1H3,(H,29,31). The molecule has 1 aromatic heterocycles. The molecule has 0 bridgehead atoms. The van der Waals surface area contributed by atoms with E-state index in [0.29, 0.717) is 16.7 Å². The van der Waals surface area contributed by atoms with Gasteiger partial charge in [0.05, 0.1) is 12.2 Å². The number of amides is 1. The number of hydrogen-bond donors (Lipinski definition) is 2. The van der Waals surface area contributed by atoms with Gasteiger partial charge in [0.15, 0.2) is 0 Å². The minimum absolute atomic E-state index is 0.0514. The Bertz CT molecular complexity index is 1210. The average Bonchev–Trinajstić information content (AvgIpc) is 3.41. The monoisotopic (exact) mass is 513 g/mol. The number of hydroxylamine groups is 1. The average molecular weight is 514 g/mol.